The lowest BCUT2D eigenvalue weighted by atomic mass is 10.1. The molecule has 0 fully saturated rings. The summed E-state index contributed by atoms with van der Waals surface area (Å²) in [5.74, 6) is 1.72. The minimum absolute atomic E-state index is 0.783. The van der Waals surface area contributed by atoms with Crippen LogP contribution in [0.3, 0.4) is 0 Å². The average molecular weight is 202 g/mol. The van der Waals surface area contributed by atoms with Crippen LogP contribution in [0.2, 0.25) is 0 Å². The molecule has 2 nitrogen and oxygen atoms in total. The molecule has 0 saturated carbocycles. The van der Waals surface area contributed by atoms with Gasteiger partial charge in [-0.25, -0.2) is 0 Å². The maximum absolute atomic E-state index is 5.70. The molecule has 0 bridgehead atoms. The Labute approximate surface area is 89.2 Å². The van der Waals surface area contributed by atoms with E-state index in [0.29, 0.717) is 0 Å². The summed E-state index contributed by atoms with van der Waals surface area (Å²) in [7, 11) is 1.65. The molecule has 2 aromatic rings. The van der Waals surface area contributed by atoms with E-state index < -0.39 is 0 Å². The third-order valence-corrected chi connectivity index (χ3v) is 2.55. The summed E-state index contributed by atoms with van der Waals surface area (Å²) in [4.78, 5) is 0. The highest BCUT2D eigenvalue weighted by Gasteiger charge is 2.12. The van der Waals surface area contributed by atoms with Crippen molar-refractivity contribution in [2.24, 2.45) is 0 Å². The van der Waals surface area contributed by atoms with Gasteiger partial charge in [-0.2, -0.15) is 0 Å². The Kier molecular flexibility index (Phi) is 2.50. The van der Waals surface area contributed by atoms with Crippen LogP contribution in [0.5, 0.6) is 5.75 Å². The first-order valence-electron chi connectivity index (χ1n) is 4.93. The number of benzene rings is 1. The Morgan fingerprint density at radius 1 is 1.47 bits per heavy atom. The van der Waals surface area contributed by atoms with Crippen LogP contribution in [-0.2, 0) is 6.42 Å². The van der Waals surface area contributed by atoms with Crippen molar-refractivity contribution in [1.29, 1.82) is 0 Å². The first-order chi connectivity index (χ1) is 7.27. The lowest BCUT2D eigenvalue weighted by molar-refractivity contribution is 0.408. The monoisotopic (exact) mass is 202 g/mol. The number of methoxy groups -OCH3 is 1. The van der Waals surface area contributed by atoms with E-state index >= 15 is 0 Å². The van der Waals surface area contributed by atoms with Gasteiger partial charge in [0.1, 0.15) is 5.76 Å². The molecule has 0 amide bonds. The summed E-state index contributed by atoms with van der Waals surface area (Å²) in [5, 5.41) is 1.12. The predicted molar refractivity (Wildman–Crippen MR) is 61.4 cm³/mol. The summed E-state index contributed by atoms with van der Waals surface area (Å²) in [5.41, 5.74) is 2.02. The van der Waals surface area contributed by atoms with Crippen molar-refractivity contribution in [3.63, 3.8) is 0 Å². The standard InChI is InChI=1S/C13H14O2/c1-4-6-10-9(2)15-13-11(10)7-5-8-12(13)14-3/h4-5,7-8H,1,6H2,2-3H3. The minimum Gasteiger partial charge on any atom is -0.493 e. The second-order valence-electron chi connectivity index (χ2n) is 3.47. The maximum Gasteiger partial charge on any atom is 0.176 e. The summed E-state index contributed by atoms with van der Waals surface area (Å²) >= 11 is 0. The quantitative estimate of drug-likeness (QED) is 0.711. The normalized spacial score (nSPS) is 10.5. The summed E-state index contributed by atoms with van der Waals surface area (Å²) < 4.78 is 11.0. The van der Waals surface area contributed by atoms with Crippen molar-refractivity contribution in [3.05, 3.63) is 42.2 Å². The van der Waals surface area contributed by atoms with Gasteiger partial charge in [-0.1, -0.05) is 18.2 Å². The van der Waals surface area contributed by atoms with Gasteiger partial charge in [0.15, 0.2) is 11.3 Å². The first kappa shape index (κ1) is 9.84. The summed E-state index contributed by atoms with van der Waals surface area (Å²) in [6.45, 7) is 5.72. The zero-order valence-corrected chi connectivity index (χ0v) is 9.04. The predicted octanol–water partition coefficient (Wildman–Crippen LogP) is 3.48. The van der Waals surface area contributed by atoms with Crippen molar-refractivity contribution in [2.45, 2.75) is 13.3 Å². The third kappa shape index (κ3) is 1.52. The fourth-order valence-corrected chi connectivity index (χ4v) is 1.82. The molecule has 15 heavy (non-hydrogen) atoms. The molecule has 0 aliphatic rings. The number of allylic oxidation sites excluding steroid dienone is 1. The topological polar surface area (TPSA) is 22.4 Å². The maximum atomic E-state index is 5.70. The summed E-state index contributed by atoms with van der Waals surface area (Å²) in [6, 6.07) is 5.93. The van der Waals surface area contributed by atoms with Crippen LogP contribution in [0, 0.1) is 6.92 Å². The lowest BCUT2D eigenvalue weighted by Gasteiger charge is -1.99. The van der Waals surface area contributed by atoms with Gasteiger partial charge in [0.2, 0.25) is 0 Å². The average Bonchev–Trinajstić information content (AvgIpc) is 2.56. The molecule has 0 saturated heterocycles. The van der Waals surface area contributed by atoms with Gasteiger partial charge in [-0.15, -0.1) is 6.58 Å². The van der Waals surface area contributed by atoms with Gasteiger partial charge in [0, 0.05) is 10.9 Å². The van der Waals surface area contributed by atoms with Gasteiger partial charge in [-0.3, -0.25) is 0 Å². The Hall–Kier alpha value is -1.70. The van der Waals surface area contributed by atoms with Crippen LogP contribution in [0.25, 0.3) is 11.0 Å². The largest absolute Gasteiger partial charge is 0.493 e. The lowest BCUT2D eigenvalue weighted by Crippen LogP contribution is -1.83. The van der Waals surface area contributed by atoms with Crippen LogP contribution < -0.4 is 4.74 Å². The Balaban J connectivity index is 2.72. The van der Waals surface area contributed by atoms with Crippen LogP contribution in [0.4, 0.5) is 0 Å². The van der Waals surface area contributed by atoms with E-state index in [1.54, 1.807) is 7.11 Å². The summed E-state index contributed by atoms with van der Waals surface area (Å²) in [6.07, 6.45) is 2.71. The minimum atomic E-state index is 0.783. The Morgan fingerprint density at radius 2 is 2.27 bits per heavy atom. The van der Waals surface area contributed by atoms with E-state index in [1.807, 2.05) is 31.2 Å². The number of fused-ring (bicyclic) bond motifs is 1. The smallest absolute Gasteiger partial charge is 0.176 e. The van der Waals surface area contributed by atoms with Crippen molar-refractivity contribution in [1.82, 2.24) is 0 Å². The molecule has 0 spiro atoms. The van der Waals surface area contributed by atoms with Gasteiger partial charge >= 0.3 is 0 Å². The highest BCUT2D eigenvalue weighted by molar-refractivity contribution is 5.87. The second-order valence-corrected chi connectivity index (χ2v) is 3.47. The van der Waals surface area contributed by atoms with Crippen molar-refractivity contribution >= 4 is 11.0 Å². The molecule has 1 aromatic heterocycles. The Bertz CT molecular complexity index is 494. The third-order valence-electron chi connectivity index (χ3n) is 2.55. The van der Waals surface area contributed by atoms with Crippen LogP contribution in [-0.4, -0.2) is 7.11 Å². The molecule has 1 aromatic carbocycles. The molecule has 0 atom stereocenters. The molecule has 2 heteroatoms. The fourth-order valence-electron chi connectivity index (χ4n) is 1.82. The van der Waals surface area contributed by atoms with Gasteiger partial charge in [0.05, 0.1) is 7.11 Å². The Morgan fingerprint density at radius 3 is 2.93 bits per heavy atom. The van der Waals surface area contributed by atoms with E-state index in [0.717, 1.165) is 28.9 Å². The van der Waals surface area contributed by atoms with E-state index in [9.17, 15) is 0 Å². The molecule has 0 unspecified atom stereocenters. The van der Waals surface area contributed by atoms with Crippen LogP contribution in [0.1, 0.15) is 11.3 Å². The molecule has 2 rings (SSSR count). The first-order valence-corrected chi connectivity index (χ1v) is 4.93. The van der Waals surface area contributed by atoms with E-state index in [1.165, 1.54) is 5.56 Å². The van der Waals surface area contributed by atoms with Gasteiger partial charge in [0.25, 0.3) is 0 Å². The number of hydrogen-bond acceptors (Lipinski definition) is 2. The number of aryl methyl sites for hydroxylation is 1. The molecular formula is C13H14O2. The number of hydrogen-bond donors (Lipinski definition) is 0. The second kappa shape index (κ2) is 3.81. The SMILES string of the molecule is C=CCc1c(C)oc2c(OC)cccc12. The zero-order valence-electron chi connectivity index (χ0n) is 9.04. The van der Waals surface area contributed by atoms with Gasteiger partial charge in [-0.05, 0) is 19.4 Å². The molecular weight excluding hydrogens is 188 g/mol. The van der Waals surface area contributed by atoms with E-state index in [-0.39, 0.29) is 0 Å². The molecule has 78 valence electrons. The van der Waals surface area contributed by atoms with Crippen molar-refractivity contribution in [3.8, 4) is 5.75 Å². The van der Waals surface area contributed by atoms with Crippen LogP contribution in [0.15, 0.2) is 35.3 Å². The number of ether oxygens (including phenoxy) is 1. The van der Waals surface area contributed by atoms with Crippen molar-refractivity contribution < 1.29 is 9.15 Å². The van der Waals surface area contributed by atoms with E-state index in [4.69, 9.17) is 9.15 Å². The van der Waals surface area contributed by atoms with Gasteiger partial charge < -0.3 is 9.15 Å². The number of rotatable bonds is 3. The zero-order chi connectivity index (χ0) is 10.8. The van der Waals surface area contributed by atoms with E-state index in [2.05, 4.69) is 6.58 Å². The highest BCUT2D eigenvalue weighted by Crippen LogP contribution is 2.32. The molecule has 0 radical (unpaired) electrons. The molecule has 1 heterocycles. The number of para-hydroxylation sites is 1. The van der Waals surface area contributed by atoms with Crippen LogP contribution >= 0.6 is 0 Å². The number of furan rings is 1. The fraction of sp³-hybridized carbons (Fsp3) is 0.231. The highest BCUT2D eigenvalue weighted by atomic mass is 16.5. The molecule has 0 aliphatic carbocycles. The molecule has 0 N–H and O–H groups in total. The van der Waals surface area contributed by atoms with Crippen molar-refractivity contribution in [2.75, 3.05) is 7.11 Å². The molecule has 0 aliphatic heterocycles.